The Morgan fingerprint density at radius 1 is 1.25 bits per heavy atom. The first-order valence-electron chi connectivity index (χ1n) is 3.40. The smallest absolute Gasteiger partial charge is 0.166 e. The van der Waals surface area contributed by atoms with Gasteiger partial charge in [-0.25, -0.2) is 0 Å². The zero-order valence-electron chi connectivity index (χ0n) is 6.23. The Labute approximate surface area is 71.0 Å². The molecule has 12 heavy (non-hydrogen) atoms. The van der Waals surface area contributed by atoms with Gasteiger partial charge in [0, 0.05) is 0 Å². The van der Waals surface area contributed by atoms with Gasteiger partial charge in [-0.2, -0.15) is 13.2 Å². The summed E-state index contributed by atoms with van der Waals surface area (Å²) in [6, 6.07) is 5.32. The Morgan fingerprint density at radius 2 is 1.92 bits per heavy atom. The Hall–Kier alpha value is -0.560. The third kappa shape index (κ3) is 2.21. The van der Waals surface area contributed by atoms with E-state index in [4.69, 9.17) is 0 Å². The van der Waals surface area contributed by atoms with Gasteiger partial charge in [-0.3, -0.25) is 0 Å². The van der Waals surface area contributed by atoms with E-state index in [0.717, 1.165) is 12.1 Å². The molecule has 1 rings (SSSR count). The summed E-state index contributed by atoms with van der Waals surface area (Å²) in [4.78, 5) is 0. The molecule has 0 amide bonds. The summed E-state index contributed by atoms with van der Waals surface area (Å²) in [5.41, 5.74) is 0.0947. The van der Waals surface area contributed by atoms with E-state index in [1.54, 1.807) is 6.07 Å². The van der Waals surface area contributed by atoms with E-state index in [0.29, 0.717) is 11.7 Å². The van der Waals surface area contributed by atoms with Gasteiger partial charge in [0.25, 0.3) is 0 Å². The fourth-order valence-electron chi connectivity index (χ4n) is 0.875. The topological polar surface area (TPSA) is 0 Å². The van der Waals surface area contributed by atoms with Gasteiger partial charge in [0.1, 0.15) is 0 Å². The Morgan fingerprint density at radius 3 is 2.42 bits per heavy atom. The molecule has 0 radical (unpaired) electrons. The molecule has 1 aromatic rings. The van der Waals surface area contributed by atoms with Crippen molar-refractivity contribution in [3.63, 3.8) is 0 Å². The van der Waals surface area contributed by atoms with Crippen molar-refractivity contribution >= 4 is 9.24 Å². The molecule has 0 nitrogen and oxygen atoms in total. The van der Waals surface area contributed by atoms with Crippen LogP contribution in [0.2, 0.25) is 0 Å². The van der Waals surface area contributed by atoms with Crippen LogP contribution in [0.1, 0.15) is 11.1 Å². The lowest BCUT2D eigenvalue weighted by Crippen LogP contribution is -2.04. The van der Waals surface area contributed by atoms with Crippen LogP contribution >= 0.6 is 9.24 Å². The summed E-state index contributed by atoms with van der Waals surface area (Å²) < 4.78 is 36.3. The molecule has 0 fully saturated rings. The maximum atomic E-state index is 12.1. The molecule has 0 heterocycles. The van der Waals surface area contributed by atoms with E-state index < -0.39 is 11.7 Å². The summed E-state index contributed by atoms with van der Waals surface area (Å²) in [5.74, 6) is 0. The second-order valence-electron chi connectivity index (χ2n) is 2.40. The number of alkyl halides is 3. The average molecular weight is 192 g/mol. The molecule has 1 aromatic carbocycles. The highest BCUT2D eigenvalue weighted by Gasteiger charge is 2.30. The molecule has 0 spiro atoms. The lowest BCUT2D eigenvalue weighted by molar-refractivity contribution is -0.137. The number of rotatable bonds is 1. The molecule has 0 N–H and O–H groups in total. The molecule has 66 valence electrons. The van der Waals surface area contributed by atoms with Gasteiger partial charge in [-0.05, 0) is 17.8 Å². The van der Waals surface area contributed by atoms with Crippen molar-refractivity contribution in [3.8, 4) is 0 Å². The SMILES string of the molecule is FC(F)(F)c1cccc(CP)c1. The monoisotopic (exact) mass is 192 g/mol. The molecular weight excluding hydrogens is 184 g/mol. The predicted octanol–water partition coefficient (Wildman–Crippen LogP) is 3.08. The van der Waals surface area contributed by atoms with Crippen LogP contribution in [0.5, 0.6) is 0 Å². The van der Waals surface area contributed by atoms with Crippen LogP contribution < -0.4 is 0 Å². The molecule has 1 atom stereocenters. The van der Waals surface area contributed by atoms with Gasteiger partial charge < -0.3 is 0 Å². The lowest BCUT2D eigenvalue weighted by Gasteiger charge is -2.06. The second kappa shape index (κ2) is 3.44. The van der Waals surface area contributed by atoms with Gasteiger partial charge in [-0.1, -0.05) is 18.2 Å². The van der Waals surface area contributed by atoms with Crippen LogP contribution in [0.4, 0.5) is 13.2 Å². The molecule has 1 unspecified atom stereocenters. The number of benzene rings is 1. The molecule has 4 heteroatoms. The van der Waals surface area contributed by atoms with Crippen molar-refractivity contribution in [1.82, 2.24) is 0 Å². The zero-order valence-corrected chi connectivity index (χ0v) is 7.38. The first kappa shape index (κ1) is 9.53. The van der Waals surface area contributed by atoms with Gasteiger partial charge in [0.05, 0.1) is 5.56 Å². The fraction of sp³-hybridized carbons (Fsp3) is 0.250. The van der Waals surface area contributed by atoms with E-state index in [9.17, 15) is 13.2 Å². The number of hydrogen-bond acceptors (Lipinski definition) is 0. The van der Waals surface area contributed by atoms with E-state index in [2.05, 4.69) is 9.24 Å². The first-order valence-corrected chi connectivity index (χ1v) is 4.22. The van der Waals surface area contributed by atoms with Crippen LogP contribution in [0, 0.1) is 0 Å². The van der Waals surface area contributed by atoms with Gasteiger partial charge >= 0.3 is 6.18 Å². The molecule has 0 aliphatic rings. The highest BCUT2D eigenvalue weighted by Crippen LogP contribution is 2.29. The van der Waals surface area contributed by atoms with E-state index in [1.165, 1.54) is 6.07 Å². The summed E-state index contributed by atoms with van der Waals surface area (Å²) in [7, 11) is 2.39. The quantitative estimate of drug-likeness (QED) is 0.600. The fourth-order valence-corrected chi connectivity index (χ4v) is 1.13. The summed E-state index contributed by atoms with van der Waals surface area (Å²) in [5, 5.41) is 0. The number of hydrogen-bond donors (Lipinski definition) is 0. The number of halogens is 3. The third-order valence-corrected chi connectivity index (χ3v) is 1.96. The molecule has 0 bridgehead atoms. The molecule has 0 saturated heterocycles. The van der Waals surface area contributed by atoms with E-state index in [1.807, 2.05) is 0 Å². The summed E-state index contributed by atoms with van der Waals surface area (Å²) in [6.45, 7) is 0. The maximum Gasteiger partial charge on any atom is 0.416 e. The maximum absolute atomic E-state index is 12.1. The molecule has 0 aliphatic heterocycles. The van der Waals surface area contributed by atoms with Crippen molar-refractivity contribution in [2.45, 2.75) is 12.3 Å². The zero-order chi connectivity index (χ0) is 9.19. The van der Waals surface area contributed by atoms with Gasteiger partial charge in [0.2, 0.25) is 0 Å². The van der Waals surface area contributed by atoms with Gasteiger partial charge in [0.15, 0.2) is 0 Å². The minimum absolute atomic E-state index is 0.546. The Kier molecular flexibility index (Phi) is 2.73. The van der Waals surface area contributed by atoms with Crippen LogP contribution in [0.25, 0.3) is 0 Å². The van der Waals surface area contributed by atoms with Crippen LogP contribution in [0.15, 0.2) is 24.3 Å². The van der Waals surface area contributed by atoms with Gasteiger partial charge in [-0.15, -0.1) is 9.24 Å². The lowest BCUT2D eigenvalue weighted by atomic mass is 10.1. The third-order valence-electron chi connectivity index (χ3n) is 1.49. The molecular formula is C8H8F3P. The Balaban J connectivity index is 3.02. The van der Waals surface area contributed by atoms with Crippen molar-refractivity contribution < 1.29 is 13.2 Å². The van der Waals surface area contributed by atoms with Crippen molar-refractivity contribution in [2.75, 3.05) is 0 Å². The van der Waals surface area contributed by atoms with Crippen molar-refractivity contribution in [1.29, 1.82) is 0 Å². The molecule has 0 aliphatic carbocycles. The minimum Gasteiger partial charge on any atom is -0.166 e. The van der Waals surface area contributed by atoms with Crippen molar-refractivity contribution in [2.24, 2.45) is 0 Å². The highest BCUT2D eigenvalue weighted by molar-refractivity contribution is 7.15. The van der Waals surface area contributed by atoms with E-state index in [-0.39, 0.29) is 0 Å². The minimum atomic E-state index is -4.23. The van der Waals surface area contributed by atoms with Crippen molar-refractivity contribution in [3.05, 3.63) is 35.4 Å². The highest BCUT2D eigenvalue weighted by atomic mass is 31.0. The van der Waals surface area contributed by atoms with E-state index >= 15 is 0 Å². The standard InChI is InChI=1S/C8H8F3P/c9-8(10,11)7-3-1-2-6(4-7)5-12/h1-4H,5,12H2. The van der Waals surface area contributed by atoms with Crippen LogP contribution in [-0.2, 0) is 12.3 Å². The predicted molar refractivity (Wildman–Crippen MR) is 44.9 cm³/mol. The largest absolute Gasteiger partial charge is 0.416 e. The average Bonchev–Trinajstić information content (AvgIpc) is 2.03. The molecule has 0 aromatic heterocycles. The summed E-state index contributed by atoms with van der Waals surface area (Å²) >= 11 is 0. The molecule has 0 saturated carbocycles. The van der Waals surface area contributed by atoms with Crippen LogP contribution in [-0.4, -0.2) is 0 Å². The second-order valence-corrected chi connectivity index (χ2v) is 2.81. The normalized spacial score (nSPS) is 11.7. The Bertz CT molecular complexity index is 267. The summed E-state index contributed by atoms with van der Waals surface area (Å²) in [6.07, 6.45) is -3.68. The first-order chi connectivity index (χ1) is 5.54. The van der Waals surface area contributed by atoms with Crippen LogP contribution in [0.3, 0.4) is 0 Å².